The fourth-order valence-electron chi connectivity index (χ4n) is 4.21. The highest BCUT2D eigenvalue weighted by molar-refractivity contribution is 6.24. The van der Waals surface area contributed by atoms with Gasteiger partial charge in [0.05, 0.1) is 30.3 Å². The molecule has 0 amide bonds. The minimum absolute atomic E-state index is 0.298. The topological polar surface area (TPSA) is 39.9 Å². The van der Waals surface area contributed by atoms with Crippen LogP contribution in [0.4, 0.5) is 0 Å². The zero-order chi connectivity index (χ0) is 20.7. The first kappa shape index (κ1) is 18.3. The van der Waals surface area contributed by atoms with Crippen LogP contribution in [0.5, 0.6) is 5.75 Å². The van der Waals surface area contributed by atoms with E-state index in [1.165, 1.54) is 0 Å². The Kier molecular flexibility index (Phi) is 4.40. The van der Waals surface area contributed by atoms with Gasteiger partial charge in [0.15, 0.2) is 0 Å². The molecule has 2 heterocycles. The molecule has 5 aromatic rings. The van der Waals surface area contributed by atoms with E-state index in [-0.39, 0.29) is 5.97 Å². The number of benzene rings is 3. The SMILES string of the molecule is CCOC(=O)c1c2c3ccccc3cc(-c3ccc(OC)cc3)c2n2ccccc12. The van der Waals surface area contributed by atoms with Gasteiger partial charge in [-0.25, -0.2) is 4.79 Å². The number of carbonyl (C=O) groups excluding carboxylic acids is 1. The van der Waals surface area contributed by atoms with Crippen LogP contribution in [0.15, 0.2) is 79.0 Å². The molecule has 5 rings (SSSR count). The van der Waals surface area contributed by atoms with Crippen molar-refractivity contribution in [2.45, 2.75) is 6.92 Å². The molecule has 30 heavy (non-hydrogen) atoms. The molecule has 3 aromatic carbocycles. The van der Waals surface area contributed by atoms with E-state index >= 15 is 0 Å². The number of ether oxygens (including phenoxy) is 2. The second kappa shape index (κ2) is 7.23. The van der Waals surface area contributed by atoms with Crippen molar-refractivity contribution in [1.82, 2.24) is 4.40 Å². The lowest BCUT2D eigenvalue weighted by Crippen LogP contribution is -2.04. The molecule has 148 valence electrons. The molecule has 0 saturated heterocycles. The largest absolute Gasteiger partial charge is 0.497 e. The van der Waals surface area contributed by atoms with Gasteiger partial charge in [-0.05, 0) is 53.6 Å². The van der Waals surface area contributed by atoms with Crippen molar-refractivity contribution in [2.75, 3.05) is 13.7 Å². The van der Waals surface area contributed by atoms with Gasteiger partial charge in [-0.3, -0.25) is 0 Å². The zero-order valence-electron chi connectivity index (χ0n) is 16.9. The van der Waals surface area contributed by atoms with Crippen molar-refractivity contribution in [3.8, 4) is 16.9 Å². The molecule has 0 aliphatic rings. The highest BCUT2D eigenvalue weighted by Crippen LogP contribution is 2.40. The predicted octanol–water partition coefficient (Wildman–Crippen LogP) is 6.10. The molecular weight excluding hydrogens is 374 g/mol. The van der Waals surface area contributed by atoms with Gasteiger partial charge in [0.25, 0.3) is 0 Å². The van der Waals surface area contributed by atoms with Crippen LogP contribution in [0.25, 0.3) is 38.3 Å². The second-order valence-corrected chi connectivity index (χ2v) is 7.15. The Balaban J connectivity index is 1.98. The van der Waals surface area contributed by atoms with Crippen LogP contribution in [0.2, 0.25) is 0 Å². The summed E-state index contributed by atoms with van der Waals surface area (Å²) in [6.45, 7) is 2.17. The number of rotatable bonds is 4. The molecule has 0 atom stereocenters. The van der Waals surface area contributed by atoms with E-state index in [4.69, 9.17) is 9.47 Å². The van der Waals surface area contributed by atoms with Crippen LogP contribution in [0.1, 0.15) is 17.3 Å². The van der Waals surface area contributed by atoms with E-state index < -0.39 is 0 Å². The lowest BCUT2D eigenvalue weighted by atomic mass is 9.95. The van der Waals surface area contributed by atoms with Crippen molar-refractivity contribution < 1.29 is 14.3 Å². The highest BCUT2D eigenvalue weighted by atomic mass is 16.5. The zero-order valence-corrected chi connectivity index (χ0v) is 16.9. The Bertz CT molecular complexity index is 1400. The third-order valence-electron chi connectivity index (χ3n) is 5.51. The Morgan fingerprint density at radius 2 is 1.73 bits per heavy atom. The molecule has 0 saturated carbocycles. The van der Waals surface area contributed by atoms with Crippen molar-refractivity contribution in [3.05, 3.63) is 84.6 Å². The number of methoxy groups -OCH3 is 1. The first-order valence-electron chi connectivity index (χ1n) is 9.99. The minimum atomic E-state index is -0.298. The van der Waals surface area contributed by atoms with Gasteiger partial charge in [-0.2, -0.15) is 0 Å². The number of pyridine rings is 1. The van der Waals surface area contributed by atoms with E-state index in [9.17, 15) is 4.79 Å². The summed E-state index contributed by atoms with van der Waals surface area (Å²) in [5.41, 5.74) is 4.57. The average molecular weight is 395 g/mol. The van der Waals surface area contributed by atoms with Gasteiger partial charge in [-0.15, -0.1) is 0 Å². The fraction of sp³-hybridized carbons (Fsp3) is 0.115. The normalized spacial score (nSPS) is 11.3. The number of esters is 1. The van der Waals surface area contributed by atoms with E-state index in [1.54, 1.807) is 7.11 Å². The molecule has 0 radical (unpaired) electrons. The van der Waals surface area contributed by atoms with Crippen LogP contribution in [-0.2, 0) is 4.74 Å². The molecular formula is C26H21NO3. The maximum atomic E-state index is 13.1. The monoisotopic (exact) mass is 395 g/mol. The van der Waals surface area contributed by atoms with Crippen LogP contribution in [0.3, 0.4) is 0 Å². The van der Waals surface area contributed by atoms with Crippen LogP contribution in [-0.4, -0.2) is 24.1 Å². The lowest BCUT2D eigenvalue weighted by molar-refractivity contribution is 0.0531. The smallest absolute Gasteiger partial charge is 0.340 e. The van der Waals surface area contributed by atoms with Crippen molar-refractivity contribution in [1.29, 1.82) is 0 Å². The van der Waals surface area contributed by atoms with E-state index in [0.29, 0.717) is 12.2 Å². The van der Waals surface area contributed by atoms with Gasteiger partial charge in [-0.1, -0.05) is 42.5 Å². The number of fused-ring (bicyclic) bond motifs is 5. The third-order valence-corrected chi connectivity index (χ3v) is 5.51. The molecule has 0 aliphatic heterocycles. The number of aromatic nitrogens is 1. The third kappa shape index (κ3) is 2.72. The van der Waals surface area contributed by atoms with Crippen LogP contribution in [0, 0.1) is 0 Å². The minimum Gasteiger partial charge on any atom is -0.497 e. The maximum absolute atomic E-state index is 13.1. The molecule has 4 heteroatoms. The molecule has 4 nitrogen and oxygen atoms in total. The highest BCUT2D eigenvalue weighted by Gasteiger charge is 2.23. The summed E-state index contributed by atoms with van der Waals surface area (Å²) in [5, 5.41) is 3.04. The lowest BCUT2D eigenvalue weighted by Gasteiger charge is -2.10. The number of carbonyl (C=O) groups is 1. The summed E-state index contributed by atoms with van der Waals surface area (Å²) < 4.78 is 12.9. The molecule has 2 aromatic heterocycles. The first-order valence-corrected chi connectivity index (χ1v) is 9.99. The summed E-state index contributed by atoms with van der Waals surface area (Å²) in [6.07, 6.45) is 2.00. The Morgan fingerprint density at radius 1 is 0.967 bits per heavy atom. The summed E-state index contributed by atoms with van der Waals surface area (Å²) in [5.74, 6) is 0.510. The predicted molar refractivity (Wildman–Crippen MR) is 120 cm³/mol. The summed E-state index contributed by atoms with van der Waals surface area (Å²) in [7, 11) is 1.66. The average Bonchev–Trinajstić information content (AvgIpc) is 3.14. The first-order chi connectivity index (χ1) is 14.7. The molecule has 0 aliphatic carbocycles. The number of nitrogens with zero attached hydrogens (tertiary/aromatic N) is 1. The van der Waals surface area contributed by atoms with E-state index in [0.717, 1.165) is 44.1 Å². The molecule has 0 fully saturated rings. The Morgan fingerprint density at radius 3 is 2.50 bits per heavy atom. The standard InChI is InChI=1S/C26H21NO3/c1-3-30-26(28)24-22-10-6-7-15-27(22)25-21(17-11-13-19(29-2)14-12-17)16-18-8-4-5-9-20(18)23(24)25/h4-16H,3H2,1-2H3. The van der Waals surface area contributed by atoms with Gasteiger partial charge < -0.3 is 13.9 Å². The number of hydrogen-bond acceptors (Lipinski definition) is 3. The fourth-order valence-corrected chi connectivity index (χ4v) is 4.21. The van der Waals surface area contributed by atoms with E-state index in [1.807, 2.05) is 55.6 Å². The molecule has 0 unspecified atom stereocenters. The van der Waals surface area contributed by atoms with Crippen molar-refractivity contribution in [2.24, 2.45) is 0 Å². The molecule has 0 spiro atoms. The maximum Gasteiger partial charge on any atom is 0.340 e. The quantitative estimate of drug-likeness (QED) is 0.345. The molecule has 0 N–H and O–H groups in total. The Labute approximate surface area is 174 Å². The van der Waals surface area contributed by atoms with Gasteiger partial charge in [0, 0.05) is 17.1 Å². The van der Waals surface area contributed by atoms with Gasteiger partial charge >= 0.3 is 5.97 Å². The van der Waals surface area contributed by atoms with Crippen LogP contribution >= 0.6 is 0 Å². The van der Waals surface area contributed by atoms with Gasteiger partial charge in [0.2, 0.25) is 0 Å². The van der Waals surface area contributed by atoms with Crippen molar-refractivity contribution in [3.63, 3.8) is 0 Å². The number of hydrogen-bond donors (Lipinski definition) is 0. The van der Waals surface area contributed by atoms with Crippen molar-refractivity contribution >= 4 is 33.2 Å². The Hall–Kier alpha value is -3.79. The van der Waals surface area contributed by atoms with E-state index in [2.05, 4.69) is 34.7 Å². The molecule has 0 bridgehead atoms. The summed E-state index contributed by atoms with van der Waals surface area (Å²) in [4.78, 5) is 13.1. The van der Waals surface area contributed by atoms with Gasteiger partial charge in [0.1, 0.15) is 5.75 Å². The second-order valence-electron chi connectivity index (χ2n) is 7.15. The van der Waals surface area contributed by atoms with Crippen LogP contribution < -0.4 is 4.74 Å². The summed E-state index contributed by atoms with van der Waals surface area (Å²) >= 11 is 0. The summed E-state index contributed by atoms with van der Waals surface area (Å²) in [6, 6.07) is 24.3.